The molecule has 0 bridgehead atoms. The molecule has 2 fully saturated rings. The van der Waals surface area contributed by atoms with Gasteiger partial charge >= 0.3 is 12.1 Å². The van der Waals surface area contributed by atoms with Crippen molar-refractivity contribution in [1.29, 1.82) is 0 Å². The SMILES string of the molecule is Cc1ccc(CN2C(=O)N(C[C@H](C)C(=O)N=O)C(=O)N(N)C2Nc2ccc(OCC3CC3)c(Cl)c2)cc1. The molecule has 12 heteroatoms. The smallest absolute Gasteiger partial charge is 0.345 e. The number of nitroso groups, excluding NO2 is 1. The maximum atomic E-state index is 13.5. The van der Waals surface area contributed by atoms with Gasteiger partial charge < -0.3 is 10.1 Å². The van der Waals surface area contributed by atoms with Crippen LogP contribution in [0.15, 0.2) is 47.6 Å². The first-order valence-electron chi connectivity index (χ1n) is 12.0. The van der Waals surface area contributed by atoms with Crippen molar-refractivity contribution < 1.29 is 19.1 Å². The zero-order valence-electron chi connectivity index (χ0n) is 20.6. The van der Waals surface area contributed by atoms with Crippen LogP contribution in [-0.4, -0.2) is 52.2 Å². The van der Waals surface area contributed by atoms with E-state index in [4.69, 9.17) is 22.2 Å². The number of aryl methyl sites for hydroxylation is 1. The molecule has 11 nitrogen and oxygen atoms in total. The number of benzene rings is 2. The van der Waals surface area contributed by atoms with Crippen molar-refractivity contribution in [1.82, 2.24) is 14.8 Å². The summed E-state index contributed by atoms with van der Waals surface area (Å²) in [5.41, 5.74) is 2.36. The summed E-state index contributed by atoms with van der Waals surface area (Å²) < 4.78 is 5.77. The summed E-state index contributed by atoms with van der Waals surface area (Å²) in [6.07, 6.45) is 1.24. The van der Waals surface area contributed by atoms with Crippen LogP contribution in [-0.2, 0) is 11.3 Å². The van der Waals surface area contributed by atoms with Gasteiger partial charge in [-0.3, -0.25) is 9.69 Å². The summed E-state index contributed by atoms with van der Waals surface area (Å²) in [7, 11) is 0. The molecule has 0 aromatic heterocycles. The predicted molar refractivity (Wildman–Crippen MR) is 137 cm³/mol. The topological polar surface area (TPSA) is 138 Å². The monoisotopic (exact) mass is 528 g/mol. The third-order valence-corrected chi connectivity index (χ3v) is 6.62. The Morgan fingerprint density at radius 2 is 1.89 bits per heavy atom. The second-order valence-electron chi connectivity index (χ2n) is 9.44. The summed E-state index contributed by atoms with van der Waals surface area (Å²) >= 11 is 6.42. The number of hydrazine groups is 1. The van der Waals surface area contributed by atoms with Crippen molar-refractivity contribution >= 4 is 35.3 Å². The number of carbonyl (C=O) groups is 3. The fraction of sp³-hybridized carbons (Fsp3) is 0.400. The summed E-state index contributed by atoms with van der Waals surface area (Å²) in [4.78, 5) is 51.2. The lowest BCUT2D eigenvalue weighted by Crippen LogP contribution is -2.70. The Kier molecular flexibility index (Phi) is 7.94. The van der Waals surface area contributed by atoms with Gasteiger partial charge in [0.1, 0.15) is 5.75 Å². The number of nitrogens with two attached hydrogens (primary N) is 1. The molecule has 4 rings (SSSR count). The fourth-order valence-corrected chi connectivity index (χ4v) is 4.11. The van der Waals surface area contributed by atoms with E-state index in [1.165, 1.54) is 11.8 Å². The van der Waals surface area contributed by atoms with Crippen molar-refractivity contribution in [2.24, 2.45) is 22.9 Å². The van der Waals surface area contributed by atoms with Gasteiger partial charge in [-0.25, -0.2) is 25.3 Å². The molecule has 1 aliphatic carbocycles. The summed E-state index contributed by atoms with van der Waals surface area (Å²) in [6, 6.07) is 11.1. The van der Waals surface area contributed by atoms with Crippen molar-refractivity contribution in [2.75, 3.05) is 18.5 Å². The van der Waals surface area contributed by atoms with Gasteiger partial charge in [0.2, 0.25) is 6.29 Å². The highest BCUT2D eigenvalue weighted by Crippen LogP contribution is 2.33. The summed E-state index contributed by atoms with van der Waals surface area (Å²) in [5, 5.41) is 6.75. The standard InChI is InChI=1S/C25H29ClN6O5/c1-15-3-5-17(6-4-15)13-30-23(28-19-9-10-21(20(26)11-19)37-14-18-7-8-18)32(27)25(35)31(24(30)34)12-16(2)22(33)29-36/h3-6,9-11,16,18,23,28H,7-8,12-14,27H2,1-2H3/t16-,23?/m0/s1. The van der Waals surface area contributed by atoms with Gasteiger partial charge in [0.15, 0.2) is 0 Å². The Morgan fingerprint density at radius 3 is 2.51 bits per heavy atom. The largest absolute Gasteiger partial charge is 0.492 e. The average Bonchev–Trinajstić information content (AvgIpc) is 3.72. The molecule has 0 spiro atoms. The van der Waals surface area contributed by atoms with Crippen molar-refractivity contribution in [2.45, 2.75) is 39.5 Å². The number of nitrogens with one attached hydrogen (secondary N) is 1. The zero-order chi connectivity index (χ0) is 26.7. The van der Waals surface area contributed by atoms with E-state index < -0.39 is 30.2 Å². The minimum atomic E-state index is -1.07. The molecule has 2 atom stereocenters. The fourth-order valence-electron chi connectivity index (χ4n) is 3.87. The first-order valence-corrected chi connectivity index (χ1v) is 12.3. The van der Waals surface area contributed by atoms with Gasteiger partial charge in [-0.05, 0) is 49.4 Å². The normalized spacial score (nSPS) is 18.6. The third kappa shape index (κ3) is 6.17. The molecule has 37 heavy (non-hydrogen) atoms. The number of hydrogen-bond acceptors (Lipinski definition) is 7. The van der Waals surface area contributed by atoms with E-state index in [-0.39, 0.29) is 13.1 Å². The lowest BCUT2D eigenvalue weighted by Gasteiger charge is -2.45. The van der Waals surface area contributed by atoms with Crippen LogP contribution < -0.4 is 15.9 Å². The molecule has 0 radical (unpaired) electrons. The van der Waals surface area contributed by atoms with Crippen molar-refractivity contribution in [3.63, 3.8) is 0 Å². The second kappa shape index (κ2) is 11.1. The molecule has 2 aromatic carbocycles. The number of rotatable bonds is 10. The van der Waals surface area contributed by atoms with Crippen LogP contribution in [0, 0.1) is 23.7 Å². The summed E-state index contributed by atoms with van der Waals surface area (Å²) in [6.45, 7) is 3.73. The molecule has 2 aromatic rings. The van der Waals surface area contributed by atoms with Gasteiger partial charge in [0.05, 0.1) is 24.1 Å². The number of hydrogen-bond donors (Lipinski definition) is 2. The van der Waals surface area contributed by atoms with E-state index in [1.54, 1.807) is 18.2 Å². The van der Waals surface area contributed by atoms with Gasteiger partial charge in [0, 0.05) is 17.4 Å². The number of nitrogens with zero attached hydrogens (tertiary/aromatic N) is 4. The Balaban J connectivity index is 1.58. The maximum absolute atomic E-state index is 13.5. The number of urea groups is 2. The van der Waals surface area contributed by atoms with Gasteiger partial charge in [0.25, 0.3) is 5.91 Å². The van der Waals surface area contributed by atoms with Crippen LogP contribution in [0.1, 0.15) is 30.9 Å². The van der Waals surface area contributed by atoms with Crippen molar-refractivity contribution in [3.8, 4) is 5.75 Å². The Labute approximate surface area is 219 Å². The Morgan fingerprint density at radius 1 is 1.19 bits per heavy atom. The first kappa shape index (κ1) is 26.4. The van der Waals surface area contributed by atoms with E-state index in [0.29, 0.717) is 29.0 Å². The number of imide groups is 1. The number of amides is 5. The Bertz CT molecular complexity index is 1190. The van der Waals surface area contributed by atoms with Gasteiger partial charge in [-0.1, -0.05) is 48.4 Å². The second-order valence-corrected chi connectivity index (χ2v) is 9.85. The molecular weight excluding hydrogens is 500 g/mol. The molecule has 3 N–H and O–H groups in total. The molecule has 2 aliphatic rings. The molecule has 1 unspecified atom stereocenters. The minimum Gasteiger partial charge on any atom is -0.492 e. The van der Waals surface area contributed by atoms with E-state index in [0.717, 1.165) is 33.9 Å². The van der Waals surface area contributed by atoms with E-state index in [9.17, 15) is 19.3 Å². The van der Waals surface area contributed by atoms with Crippen LogP contribution in [0.25, 0.3) is 0 Å². The number of carbonyl (C=O) groups excluding carboxylic acids is 3. The van der Waals surface area contributed by atoms with Crippen LogP contribution in [0.5, 0.6) is 5.75 Å². The minimum absolute atomic E-state index is 0.110. The summed E-state index contributed by atoms with van der Waals surface area (Å²) in [5.74, 6) is 5.36. The lowest BCUT2D eigenvalue weighted by molar-refractivity contribution is -0.121. The van der Waals surface area contributed by atoms with Gasteiger partial charge in [-0.15, -0.1) is 4.91 Å². The maximum Gasteiger partial charge on any atom is 0.345 e. The third-order valence-electron chi connectivity index (χ3n) is 6.33. The van der Waals surface area contributed by atoms with Crippen LogP contribution in [0.3, 0.4) is 0 Å². The van der Waals surface area contributed by atoms with E-state index >= 15 is 0 Å². The lowest BCUT2D eigenvalue weighted by atomic mass is 10.1. The molecule has 1 aliphatic heterocycles. The van der Waals surface area contributed by atoms with Crippen LogP contribution in [0.4, 0.5) is 15.3 Å². The number of halogens is 1. The highest BCUT2D eigenvalue weighted by molar-refractivity contribution is 6.32. The predicted octanol–water partition coefficient (Wildman–Crippen LogP) is 4.30. The zero-order valence-corrected chi connectivity index (χ0v) is 21.4. The highest BCUT2D eigenvalue weighted by Gasteiger charge is 2.44. The van der Waals surface area contributed by atoms with E-state index in [2.05, 4.69) is 10.5 Å². The van der Waals surface area contributed by atoms with Crippen molar-refractivity contribution in [3.05, 3.63) is 63.5 Å². The molecule has 1 saturated heterocycles. The van der Waals surface area contributed by atoms with E-state index in [1.807, 2.05) is 31.2 Å². The average molecular weight is 529 g/mol. The molecular formula is C25H29ClN6O5. The number of ether oxygens (including phenoxy) is 1. The quantitative estimate of drug-likeness (QED) is 0.266. The van der Waals surface area contributed by atoms with Crippen LogP contribution >= 0.6 is 11.6 Å². The number of anilines is 1. The highest BCUT2D eigenvalue weighted by atomic mass is 35.5. The molecule has 5 amide bonds. The van der Waals surface area contributed by atoms with Gasteiger partial charge in [-0.2, -0.15) is 0 Å². The molecule has 196 valence electrons. The first-order chi connectivity index (χ1) is 17.7. The molecule has 1 heterocycles. The Hall–Kier alpha value is -3.70. The molecule has 1 saturated carbocycles. The van der Waals surface area contributed by atoms with Crippen LogP contribution in [0.2, 0.25) is 5.02 Å².